The van der Waals surface area contributed by atoms with Gasteiger partial charge in [0, 0.05) is 31.1 Å². The number of nitro benzene ring substituents is 1. The van der Waals surface area contributed by atoms with Gasteiger partial charge in [-0.2, -0.15) is 0 Å². The monoisotopic (exact) mass is 336 g/mol. The average molecular weight is 336 g/mol. The second kappa shape index (κ2) is 6.64. The molecule has 0 saturated carbocycles. The summed E-state index contributed by atoms with van der Waals surface area (Å²) in [5.41, 5.74) is 3.23. The number of nitro groups is 1. The fourth-order valence-corrected chi connectivity index (χ4v) is 3.61. The van der Waals surface area contributed by atoms with Crippen LogP contribution in [0.3, 0.4) is 0 Å². The zero-order chi connectivity index (χ0) is 17.2. The molecule has 128 valence electrons. The smallest absolute Gasteiger partial charge is 0.269 e. The maximum absolute atomic E-state index is 10.9. The molecule has 0 bridgehead atoms. The van der Waals surface area contributed by atoms with Gasteiger partial charge in [-0.05, 0) is 37.1 Å². The molecule has 1 saturated heterocycles. The fourth-order valence-electron chi connectivity index (χ4n) is 3.61. The van der Waals surface area contributed by atoms with Gasteiger partial charge >= 0.3 is 0 Å². The maximum atomic E-state index is 10.9. The number of imidazole rings is 1. The summed E-state index contributed by atoms with van der Waals surface area (Å²) in [5.74, 6) is 1.42. The van der Waals surface area contributed by atoms with E-state index in [-0.39, 0.29) is 10.6 Å². The molecule has 1 N–H and O–H groups in total. The molecule has 2 heterocycles. The molecule has 1 fully saturated rings. The van der Waals surface area contributed by atoms with Crippen LogP contribution in [0.15, 0.2) is 48.5 Å². The van der Waals surface area contributed by atoms with Crippen LogP contribution in [0, 0.1) is 10.1 Å². The number of rotatable bonds is 4. The summed E-state index contributed by atoms with van der Waals surface area (Å²) >= 11 is 0. The highest BCUT2D eigenvalue weighted by molar-refractivity contribution is 5.74. The molecule has 1 atom stereocenters. The molecule has 0 radical (unpaired) electrons. The lowest BCUT2D eigenvalue weighted by Crippen LogP contribution is -2.34. The Bertz CT molecular complexity index is 872. The van der Waals surface area contributed by atoms with Gasteiger partial charge in [0.2, 0.25) is 0 Å². The van der Waals surface area contributed by atoms with Crippen LogP contribution in [0.1, 0.15) is 30.1 Å². The Morgan fingerprint density at radius 3 is 2.96 bits per heavy atom. The minimum Gasteiger partial charge on any atom is -0.342 e. The quantitative estimate of drug-likeness (QED) is 0.580. The number of nitrogens with zero attached hydrogens (tertiary/aromatic N) is 3. The van der Waals surface area contributed by atoms with Crippen LogP contribution < -0.4 is 0 Å². The summed E-state index contributed by atoms with van der Waals surface area (Å²) < 4.78 is 0. The highest BCUT2D eigenvalue weighted by Crippen LogP contribution is 2.28. The highest BCUT2D eigenvalue weighted by Gasteiger charge is 2.24. The minimum absolute atomic E-state index is 0.156. The summed E-state index contributed by atoms with van der Waals surface area (Å²) in [6, 6.07) is 15.0. The summed E-state index contributed by atoms with van der Waals surface area (Å²) in [6.07, 6.45) is 2.22. The molecule has 1 aromatic heterocycles. The molecule has 1 unspecified atom stereocenters. The van der Waals surface area contributed by atoms with E-state index in [1.54, 1.807) is 12.1 Å². The van der Waals surface area contributed by atoms with Crippen LogP contribution in [0.4, 0.5) is 5.69 Å². The average Bonchev–Trinajstić information content (AvgIpc) is 3.06. The summed E-state index contributed by atoms with van der Waals surface area (Å²) in [4.78, 5) is 21.2. The van der Waals surface area contributed by atoms with Crippen molar-refractivity contribution in [1.82, 2.24) is 14.9 Å². The van der Waals surface area contributed by atoms with Gasteiger partial charge in [0.25, 0.3) is 5.69 Å². The molecule has 1 aliphatic heterocycles. The number of para-hydroxylation sites is 2. The number of non-ortho nitro benzene ring substituents is 1. The van der Waals surface area contributed by atoms with Crippen molar-refractivity contribution in [3.05, 3.63) is 70.0 Å². The third-order valence-corrected chi connectivity index (χ3v) is 4.83. The molecule has 2 aromatic carbocycles. The number of hydrogen-bond donors (Lipinski definition) is 1. The summed E-state index contributed by atoms with van der Waals surface area (Å²) in [6.45, 7) is 2.67. The minimum atomic E-state index is -0.336. The number of nitrogens with one attached hydrogen (secondary N) is 1. The van der Waals surface area contributed by atoms with Gasteiger partial charge in [-0.25, -0.2) is 4.98 Å². The number of hydrogen-bond acceptors (Lipinski definition) is 4. The van der Waals surface area contributed by atoms with Crippen molar-refractivity contribution >= 4 is 16.7 Å². The topological polar surface area (TPSA) is 75.1 Å². The van der Waals surface area contributed by atoms with E-state index in [9.17, 15) is 10.1 Å². The summed E-state index contributed by atoms with van der Waals surface area (Å²) in [5, 5.41) is 10.9. The first kappa shape index (κ1) is 15.8. The van der Waals surface area contributed by atoms with E-state index in [1.165, 1.54) is 6.07 Å². The van der Waals surface area contributed by atoms with Crippen molar-refractivity contribution in [1.29, 1.82) is 0 Å². The number of aromatic nitrogens is 2. The van der Waals surface area contributed by atoms with Crippen molar-refractivity contribution in [2.24, 2.45) is 0 Å². The Balaban J connectivity index is 1.49. The Morgan fingerprint density at radius 1 is 1.24 bits per heavy atom. The second-order valence-electron chi connectivity index (χ2n) is 6.64. The van der Waals surface area contributed by atoms with E-state index in [2.05, 4.69) is 16.0 Å². The van der Waals surface area contributed by atoms with Gasteiger partial charge < -0.3 is 4.98 Å². The normalized spacial score (nSPS) is 18.5. The van der Waals surface area contributed by atoms with E-state index in [4.69, 9.17) is 4.98 Å². The van der Waals surface area contributed by atoms with E-state index in [1.807, 2.05) is 24.3 Å². The standard InChI is InChI=1S/C19H20N4O2/c24-23(25)16-7-3-5-14(11-16)12-22-10-4-6-15(13-22)19-20-17-8-1-2-9-18(17)21-19/h1-3,5,7-9,11,15H,4,6,10,12-13H2,(H,20,21). The van der Waals surface area contributed by atoms with E-state index in [0.29, 0.717) is 5.92 Å². The van der Waals surface area contributed by atoms with Crippen LogP contribution in [-0.4, -0.2) is 32.9 Å². The number of fused-ring (bicyclic) bond motifs is 1. The predicted molar refractivity (Wildman–Crippen MR) is 96.4 cm³/mol. The van der Waals surface area contributed by atoms with Crippen molar-refractivity contribution in [2.75, 3.05) is 13.1 Å². The van der Waals surface area contributed by atoms with Gasteiger partial charge in [0.15, 0.2) is 0 Å². The first-order chi connectivity index (χ1) is 12.2. The van der Waals surface area contributed by atoms with Crippen LogP contribution in [0.25, 0.3) is 11.0 Å². The van der Waals surface area contributed by atoms with Crippen LogP contribution in [-0.2, 0) is 6.54 Å². The molecule has 6 heteroatoms. The lowest BCUT2D eigenvalue weighted by Gasteiger charge is -2.31. The van der Waals surface area contributed by atoms with Crippen molar-refractivity contribution < 1.29 is 4.92 Å². The molecule has 6 nitrogen and oxygen atoms in total. The number of H-pyrrole nitrogens is 1. The molecular weight excluding hydrogens is 316 g/mol. The maximum Gasteiger partial charge on any atom is 0.269 e. The predicted octanol–water partition coefficient (Wildman–Crippen LogP) is 3.85. The molecule has 0 aliphatic carbocycles. The van der Waals surface area contributed by atoms with Crippen molar-refractivity contribution in [3.63, 3.8) is 0 Å². The zero-order valence-corrected chi connectivity index (χ0v) is 13.9. The van der Waals surface area contributed by atoms with Crippen LogP contribution >= 0.6 is 0 Å². The summed E-state index contributed by atoms with van der Waals surface area (Å²) in [7, 11) is 0. The molecule has 4 rings (SSSR count). The third kappa shape index (κ3) is 3.39. The van der Waals surface area contributed by atoms with Gasteiger partial charge in [-0.3, -0.25) is 15.0 Å². The van der Waals surface area contributed by atoms with Gasteiger partial charge in [0.05, 0.1) is 16.0 Å². The lowest BCUT2D eigenvalue weighted by molar-refractivity contribution is -0.384. The van der Waals surface area contributed by atoms with E-state index in [0.717, 1.165) is 54.9 Å². The first-order valence-corrected chi connectivity index (χ1v) is 8.59. The number of piperidine rings is 1. The SMILES string of the molecule is O=[N+]([O-])c1cccc(CN2CCCC(c3nc4ccccc4[nH]3)C2)c1. The molecule has 3 aromatic rings. The Kier molecular flexibility index (Phi) is 4.19. The van der Waals surface area contributed by atoms with Gasteiger partial charge in [-0.15, -0.1) is 0 Å². The molecular formula is C19H20N4O2. The number of aromatic amines is 1. The second-order valence-corrected chi connectivity index (χ2v) is 6.64. The van der Waals surface area contributed by atoms with Crippen LogP contribution in [0.5, 0.6) is 0 Å². The van der Waals surface area contributed by atoms with Gasteiger partial charge in [-0.1, -0.05) is 24.3 Å². The largest absolute Gasteiger partial charge is 0.342 e. The zero-order valence-electron chi connectivity index (χ0n) is 13.9. The number of benzene rings is 2. The number of likely N-dealkylation sites (tertiary alicyclic amines) is 1. The van der Waals surface area contributed by atoms with Crippen LogP contribution in [0.2, 0.25) is 0 Å². The van der Waals surface area contributed by atoms with Crippen molar-refractivity contribution in [2.45, 2.75) is 25.3 Å². The van der Waals surface area contributed by atoms with E-state index < -0.39 is 0 Å². The Labute approximate surface area is 145 Å². The molecule has 0 spiro atoms. The molecule has 0 amide bonds. The third-order valence-electron chi connectivity index (χ3n) is 4.83. The highest BCUT2D eigenvalue weighted by atomic mass is 16.6. The van der Waals surface area contributed by atoms with Gasteiger partial charge in [0.1, 0.15) is 5.82 Å². The Hall–Kier alpha value is -2.73. The van der Waals surface area contributed by atoms with Crippen molar-refractivity contribution in [3.8, 4) is 0 Å². The molecule has 1 aliphatic rings. The Morgan fingerprint density at radius 2 is 2.12 bits per heavy atom. The fraction of sp³-hybridized carbons (Fsp3) is 0.316. The lowest BCUT2D eigenvalue weighted by atomic mass is 9.97. The first-order valence-electron chi connectivity index (χ1n) is 8.59. The van der Waals surface area contributed by atoms with E-state index >= 15 is 0 Å². The molecule has 25 heavy (non-hydrogen) atoms.